The number of carbonyl (C=O) groups excluding carboxylic acids is 1. The van der Waals surface area contributed by atoms with Crippen LogP contribution in [-0.2, 0) is 0 Å². The normalized spacial score (nSPS) is 19.3. The highest BCUT2D eigenvalue weighted by atomic mass is 32.2. The van der Waals surface area contributed by atoms with Crippen molar-refractivity contribution in [3.8, 4) is 0 Å². The number of aryl methyl sites for hydroxylation is 1. The van der Waals surface area contributed by atoms with E-state index in [9.17, 15) is 4.79 Å². The van der Waals surface area contributed by atoms with Crippen LogP contribution in [0.25, 0.3) is 5.65 Å². The van der Waals surface area contributed by atoms with Gasteiger partial charge in [0, 0.05) is 25.0 Å². The molecular formula is C17H24N4OS. The molecule has 1 aliphatic heterocycles. The zero-order valence-corrected chi connectivity index (χ0v) is 14.8. The summed E-state index contributed by atoms with van der Waals surface area (Å²) in [5.41, 5.74) is 2.35. The van der Waals surface area contributed by atoms with Crippen LogP contribution in [0, 0.1) is 6.92 Å². The molecule has 124 valence electrons. The first-order valence-corrected chi connectivity index (χ1v) is 9.20. The summed E-state index contributed by atoms with van der Waals surface area (Å²) in [6, 6.07) is 6.09. The van der Waals surface area contributed by atoms with Crippen LogP contribution in [0.3, 0.4) is 0 Å². The molecule has 0 saturated carbocycles. The van der Waals surface area contributed by atoms with Gasteiger partial charge >= 0.3 is 0 Å². The molecule has 1 saturated heterocycles. The van der Waals surface area contributed by atoms with E-state index in [1.165, 1.54) is 0 Å². The maximum absolute atomic E-state index is 13.3. The number of carbonyl (C=O) groups is 1. The van der Waals surface area contributed by atoms with Crippen molar-refractivity contribution in [3.05, 3.63) is 35.8 Å². The molecule has 23 heavy (non-hydrogen) atoms. The topological polar surface area (TPSA) is 40.9 Å². The van der Waals surface area contributed by atoms with Gasteiger partial charge < -0.3 is 9.80 Å². The van der Waals surface area contributed by atoms with Gasteiger partial charge in [0.25, 0.3) is 5.91 Å². The quantitative estimate of drug-likeness (QED) is 0.864. The monoisotopic (exact) mass is 332 g/mol. The van der Waals surface area contributed by atoms with Gasteiger partial charge in [0.1, 0.15) is 11.3 Å². The molecule has 6 heteroatoms. The highest BCUT2D eigenvalue weighted by Crippen LogP contribution is 2.21. The van der Waals surface area contributed by atoms with Crippen molar-refractivity contribution in [1.82, 2.24) is 19.2 Å². The highest BCUT2D eigenvalue weighted by Gasteiger charge is 2.29. The van der Waals surface area contributed by atoms with Crippen LogP contribution in [0.1, 0.15) is 22.6 Å². The maximum Gasteiger partial charge on any atom is 0.273 e. The zero-order valence-electron chi connectivity index (χ0n) is 14.0. The lowest BCUT2D eigenvalue weighted by Crippen LogP contribution is -2.47. The first-order chi connectivity index (χ1) is 11.1. The van der Waals surface area contributed by atoms with Gasteiger partial charge in [0.05, 0.1) is 11.7 Å². The Morgan fingerprint density at radius 1 is 1.43 bits per heavy atom. The molecule has 0 bridgehead atoms. The molecule has 3 heterocycles. The van der Waals surface area contributed by atoms with Crippen LogP contribution < -0.4 is 0 Å². The second-order valence-electron chi connectivity index (χ2n) is 6.32. The summed E-state index contributed by atoms with van der Waals surface area (Å²) < 4.78 is 1.92. The molecule has 5 nitrogen and oxygen atoms in total. The van der Waals surface area contributed by atoms with E-state index in [4.69, 9.17) is 0 Å². The van der Waals surface area contributed by atoms with Crippen molar-refractivity contribution in [2.24, 2.45) is 0 Å². The smallest absolute Gasteiger partial charge is 0.273 e. The number of likely N-dealkylation sites (N-methyl/N-ethyl adjacent to an activating group) is 1. The molecule has 0 spiro atoms. The third kappa shape index (κ3) is 3.38. The summed E-state index contributed by atoms with van der Waals surface area (Å²) in [4.78, 5) is 22.0. The fraction of sp³-hybridized carbons (Fsp3) is 0.529. The second kappa shape index (κ2) is 6.93. The van der Waals surface area contributed by atoms with Gasteiger partial charge in [-0.2, -0.15) is 11.8 Å². The fourth-order valence-corrected chi connectivity index (χ4v) is 4.23. The van der Waals surface area contributed by atoms with Crippen molar-refractivity contribution >= 4 is 23.3 Å². The van der Waals surface area contributed by atoms with Crippen LogP contribution in [0.4, 0.5) is 0 Å². The zero-order chi connectivity index (χ0) is 16.4. The average Bonchev–Trinajstić information content (AvgIpc) is 2.67. The molecule has 1 atom stereocenters. The van der Waals surface area contributed by atoms with Crippen LogP contribution in [0.5, 0.6) is 0 Å². The number of rotatable bonds is 3. The fourth-order valence-electron chi connectivity index (χ4n) is 3.18. The van der Waals surface area contributed by atoms with Crippen molar-refractivity contribution in [2.75, 3.05) is 38.7 Å². The van der Waals surface area contributed by atoms with E-state index in [1.807, 2.05) is 47.5 Å². The Balaban J connectivity index is 1.96. The number of hydrogen-bond donors (Lipinski definition) is 0. The predicted octanol–water partition coefficient (Wildman–Crippen LogP) is 2.15. The van der Waals surface area contributed by atoms with Gasteiger partial charge in [0.15, 0.2) is 0 Å². The lowest BCUT2D eigenvalue weighted by Gasteiger charge is -2.31. The van der Waals surface area contributed by atoms with E-state index in [-0.39, 0.29) is 11.9 Å². The van der Waals surface area contributed by atoms with E-state index in [0.29, 0.717) is 5.69 Å². The van der Waals surface area contributed by atoms with Crippen LogP contribution in [0.15, 0.2) is 24.4 Å². The van der Waals surface area contributed by atoms with Gasteiger partial charge in [0.2, 0.25) is 0 Å². The van der Waals surface area contributed by atoms with E-state index in [1.54, 1.807) is 0 Å². The van der Waals surface area contributed by atoms with E-state index >= 15 is 0 Å². The largest absolute Gasteiger partial charge is 0.332 e. The number of fused-ring (bicyclic) bond motifs is 1. The summed E-state index contributed by atoms with van der Waals surface area (Å²) in [6.07, 6.45) is 2.98. The first-order valence-electron chi connectivity index (χ1n) is 8.05. The molecule has 1 unspecified atom stereocenters. The Morgan fingerprint density at radius 2 is 2.26 bits per heavy atom. The summed E-state index contributed by atoms with van der Waals surface area (Å²) in [7, 11) is 4.13. The van der Waals surface area contributed by atoms with Crippen molar-refractivity contribution < 1.29 is 4.79 Å². The molecule has 0 N–H and O–H groups in total. The number of thioether (sulfide) groups is 1. The number of nitrogens with zero attached hydrogens (tertiary/aromatic N) is 4. The first kappa shape index (κ1) is 16.3. The number of imidazole rings is 1. The molecule has 3 rings (SSSR count). The van der Waals surface area contributed by atoms with Gasteiger partial charge in [-0.3, -0.25) is 9.20 Å². The maximum atomic E-state index is 13.3. The van der Waals surface area contributed by atoms with E-state index < -0.39 is 0 Å². The van der Waals surface area contributed by atoms with Crippen LogP contribution in [-0.4, -0.2) is 69.8 Å². The standard InChI is InChI=1S/C17H24N4OS/c1-13-16(21-8-5-4-7-15(21)18-13)17(22)20-9-6-10-23-12-14(20)11-19(2)3/h4-5,7-8,14H,6,9-12H2,1-3H3. The molecule has 1 fully saturated rings. The van der Waals surface area contributed by atoms with Gasteiger partial charge in [-0.15, -0.1) is 0 Å². The van der Waals surface area contributed by atoms with Crippen LogP contribution >= 0.6 is 11.8 Å². The third-order valence-corrected chi connectivity index (χ3v) is 5.38. The molecule has 0 aromatic carbocycles. The molecule has 0 aliphatic carbocycles. The van der Waals surface area contributed by atoms with Crippen molar-refractivity contribution in [3.63, 3.8) is 0 Å². The number of amides is 1. The Kier molecular flexibility index (Phi) is 4.92. The lowest BCUT2D eigenvalue weighted by molar-refractivity contribution is 0.0667. The Morgan fingerprint density at radius 3 is 3.04 bits per heavy atom. The van der Waals surface area contributed by atoms with E-state index in [0.717, 1.165) is 42.4 Å². The Bertz CT molecular complexity index is 697. The predicted molar refractivity (Wildman–Crippen MR) is 95.2 cm³/mol. The second-order valence-corrected chi connectivity index (χ2v) is 7.47. The molecule has 2 aromatic heterocycles. The number of aromatic nitrogens is 2. The highest BCUT2D eigenvalue weighted by molar-refractivity contribution is 7.99. The molecular weight excluding hydrogens is 308 g/mol. The molecule has 0 radical (unpaired) electrons. The molecule has 1 aliphatic rings. The number of hydrogen-bond acceptors (Lipinski definition) is 4. The van der Waals surface area contributed by atoms with Crippen molar-refractivity contribution in [2.45, 2.75) is 19.4 Å². The van der Waals surface area contributed by atoms with E-state index in [2.05, 4.69) is 28.9 Å². The minimum atomic E-state index is 0.107. The van der Waals surface area contributed by atoms with Gasteiger partial charge in [-0.05, 0) is 45.3 Å². The van der Waals surface area contributed by atoms with Crippen LogP contribution in [0.2, 0.25) is 0 Å². The minimum Gasteiger partial charge on any atom is -0.332 e. The Hall–Kier alpha value is -1.53. The molecule has 1 amide bonds. The molecule has 2 aromatic rings. The van der Waals surface area contributed by atoms with Gasteiger partial charge in [-0.1, -0.05) is 6.07 Å². The summed E-state index contributed by atoms with van der Waals surface area (Å²) in [5.74, 6) is 2.23. The number of pyridine rings is 1. The third-order valence-electron chi connectivity index (χ3n) is 4.18. The Labute approximate surface area is 141 Å². The minimum absolute atomic E-state index is 0.107. The van der Waals surface area contributed by atoms with Gasteiger partial charge in [-0.25, -0.2) is 4.98 Å². The summed E-state index contributed by atoms with van der Waals surface area (Å²) in [6.45, 7) is 3.64. The summed E-state index contributed by atoms with van der Waals surface area (Å²) >= 11 is 1.95. The SMILES string of the molecule is Cc1nc2ccccn2c1C(=O)N1CCCSCC1CN(C)C. The van der Waals surface area contributed by atoms with Crippen molar-refractivity contribution in [1.29, 1.82) is 0 Å². The summed E-state index contributed by atoms with van der Waals surface area (Å²) in [5, 5.41) is 0. The lowest BCUT2D eigenvalue weighted by atomic mass is 10.2. The average molecular weight is 332 g/mol.